The standard InChI is InChI=1S/C17H19NO4/c1-3-21-16(19)14-10-11-15(17(20)22-4-2)18(14)12-13-8-6-5-7-9-13/h5-11H,3-4,12H2,1-2H3. The Labute approximate surface area is 129 Å². The summed E-state index contributed by atoms with van der Waals surface area (Å²) in [5, 5.41) is 0. The molecule has 0 saturated heterocycles. The summed E-state index contributed by atoms with van der Waals surface area (Å²) >= 11 is 0. The van der Waals surface area contributed by atoms with Crippen molar-refractivity contribution < 1.29 is 19.1 Å². The summed E-state index contributed by atoms with van der Waals surface area (Å²) < 4.78 is 11.7. The fraction of sp³-hybridized carbons (Fsp3) is 0.294. The monoisotopic (exact) mass is 301 g/mol. The van der Waals surface area contributed by atoms with Crippen LogP contribution >= 0.6 is 0 Å². The van der Waals surface area contributed by atoms with E-state index in [0.717, 1.165) is 5.56 Å². The molecule has 1 aromatic carbocycles. The number of ether oxygens (including phenoxy) is 2. The van der Waals surface area contributed by atoms with Crippen molar-refractivity contribution in [1.29, 1.82) is 0 Å². The van der Waals surface area contributed by atoms with Gasteiger partial charge in [0.25, 0.3) is 0 Å². The second kappa shape index (κ2) is 7.45. The Hall–Kier alpha value is -2.56. The van der Waals surface area contributed by atoms with Crippen LogP contribution in [0.1, 0.15) is 40.4 Å². The molecule has 5 nitrogen and oxygen atoms in total. The summed E-state index contributed by atoms with van der Waals surface area (Å²) in [5.41, 5.74) is 1.66. The maximum absolute atomic E-state index is 12.1. The van der Waals surface area contributed by atoms with Gasteiger partial charge in [-0.15, -0.1) is 0 Å². The third kappa shape index (κ3) is 3.55. The molecule has 0 radical (unpaired) electrons. The average molecular weight is 301 g/mol. The molecule has 0 aliphatic carbocycles. The van der Waals surface area contributed by atoms with Crippen molar-refractivity contribution in [3.63, 3.8) is 0 Å². The fourth-order valence-corrected chi connectivity index (χ4v) is 2.17. The molecule has 0 aliphatic rings. The molecule has 0 amide bonds. The maximum Gasteiger partial charge on any atom is 0.354 e. The van der Waals surface area contributed by atoms with Crippen LogP contribution in [-0.2, 0) is 16.0 Å². The molecule has 22 heavy (non-hydrogen) atoms. The molecule has 0 unspecified atom stereocenters. The lowest BCUT2D eigenvalue weighted by atomic mass is 10.2. The van der Waals surface area contributed by atoms with Gasteiger partial charge in [-0.2, -0.15) is 0 Å². The minimum atomic E-state index is -0.450. The van der Waals surface area contributed by atoms with E-state index in [1.807, 2.05) is 30.3 Å². The summed E-state index contributed by atoms with van der Waals surface area (Å²) in [5.74, 6) is -0.900. The van der Waals surface area contributed by atoms with E-state index in [2.05, 4.69) is 0 Å². The third-order valence-corrected chi connectivity index (χ3v) is 3.13. The number of benzene rings is 1. The first-order valence-corrected chi connectivity index (χ1v) is 7.25. The number of carbonyl (C=O) groups excluding carboxylic acids is 2. The van der Waals surface area contributed by atoms with Crippen molar-refractivity contribution in [1.82, 2.24) is 4.57 Å². The van der Waals surface area contributed by atoms with Crippen LogP contribution in [0.5, 0.6) is 0 Å². The second-order valence-electron chi connectivity index (χ2n) is 4.62. The summed E-state index contributed by atoms with van der Waals surface area (Å²) in [6.45, 7) is 4.45. The molecule has 0 N–H and O–H groups in total. The number of hydrogen-bond acceptors (Lipinski definition) is 4. The van der Waals surface area contributed by atoms with Crippen molar-refractivity contribution in [2.24, 2.45) is 0 Å². The first-order chi connectivity index (χ1) is 10.7. The van der Waals surface area contributed by atoms with Gasteiger partial charge in [0.1, 0.15) is 11.4 Å². The summed E-state index contributed by atoms with van der Waals surface area (Å²) in [6.07, 6.45) is 0. The predicted molar refractivity (Wildman–Crippen MR) is 81.9 cm³/mol. The quantitative estimate of drug-likeness (QED) is 0.770. The molecule has 5 heteroatoms. The molecular formula is C17H19NO4. The second-order valence-corrected chi connectivity index (χ2v) is 4.62. The van der Waals surface area contributed by atoms with E-state index >= 15 is 0 Å². The summed E-state index contributed by atoms with van der Waals surface area (Å²) in [4.78, 5) is 24.1. The molecule has 0 spiro atoms. The molecule has 116 valence electrons. The number of nitrogens with zero attached hydrogens (tertiary/aromatic N) is 1. The Balaban J connectivity index is 2.39. The molecule has 0 aliphatic heterocycles. The highest BCUT2D eigenvalue weighted by atomic mass is 16.5. The van der Waals surface area contributed by atoms with Gasteiger partial charge in [-0.3, -0.25) is 0 Å². The highest BCUT2D eigenvalue weighted by Crippen LogP contribution is 2.15. The lowest BCUT2D eigenvalue weighted by Crippen LogP contribution is -2.18. The number of aromatic nitrogens is 1. The maximum atomic E-state index is 12.1. The summed E-state index contributed by atoms with van der Waals surface area (Å²) in [7, 11) is 0. The molecule has 0 fully saturated rings. The van der Waals surface area contributed by atoms with Crippen LogP contribution in [-0.4, -0.2) is 29.7 Å². The van der Waals surface area contributed by atoms with E-state index in [1.54, 1.807) is 30.5 Å². The van der Waals surface area contributed by atoms with Crippen LogP contribution < -0.4 is 0 Å². The zero-order valence-corrected chi connectivity index (χ0v) is 12.7. The van der Waals surface area contributed by atoms with Gasteiger partial charge in [0.05, 0.1) is 13.2 Å². The Morgan fingerprint density at radius 2 is 1.36 bits per heavy atom. The van der Waals surface area contributed by atoms with Gasteiger partial charge in [0.15, 0.2) is 0 Å². The van der Waals surface area contributed by atoms with Crippen molar-refractivity contribution in [2.45, 2.75) is 20.4 Å². The van der Waals surface area contributed by atoms with Crippen molar-refractivity contribution in [3.05, 3.63) is 59.4 Å². The van der Waals surface area contributed by atoms with E-state index in [9.17, 15) is 9.59 Å². The Morgan fingerprint density at radius 3 is 1.82 bits per heavy atom. The highest BCUT2D eigenvalue weighted by Gasteiger charge is 2.21. The number of carbonyl (C=O) groups is 2. The van der Waals surface area contributed by atoms with Gasteiger partial charge >= 0.3 is 11.9 Å². The van der Waals surface area contributed by atoms with Gasteiger partial charge in [-0.05, 0) is 31.5 Å². The molecule has 2 aromatic rings. The molecule has 1 heterocycles. The molecule has 0 saturated carbocycles. The smallest absolute Gasteiger partial charge is 0.354 e. The van der Waals surface area contributed by atoms with Crippen LogP contribution in [0, 0.1) is 0 Å². The van der Waals surface area contributed by atoms with Gasteiger partial charge < -0.3 is 14.0 Å². The van der Waals surface area contributed by atoms with Gasteiger partial charge in [0.2, 0.25) is 0 Å². The van der Waals surface area contributed by atoms with E-state index < -0.39 is 11.9 Å². The average Bonchev–Trinajstić information content (AvgIpc) is 2.92. The first kappa shape index (κ1) is 15.8. The Morgan fingerprint density at radius 1 is 0.864 bits per heavy atom. The molecule has 0 atom stereocenters. The van der Waals surface area contributed by atoms with E-state index in [4.69, 9.17) is 9.47 Å². The van der Waals surface area contributed by atoms with Crippen LogP contribution in [0.15, 0.2) is 42.5 Å². The third-order valence-electron chi connectivity index (χ3n) is 3.13. The van der Waals surface area contributed by atoms with E-state index in [-0.39, 0.29) is 13.2 Å². The number of rotatable bonds is 6. The van der Waals surface area contributed by atoms with Gasteiger partial charge in [-0.25, -0.2) is 9.59 Å². The zero-order valence-electron chi connectivity index (χ0n) is 12.7. The predicted octanol–water partition coefficient (Wildman–Crippen LogP) is 2.89. The Bertz CT molecular complexity index is 610. The highest BCUT2D eigenvalue weighted by molar-refractivity contribution is 5.93. The molecule has 0 bridgehead atoms. The van der Waals surface area contributed by atoms with Gasteiger partial charge in [-0.1, -0.05) is 30.3 Å². The Kier molecular flexibility index (Phi) is 5.36. The lowest BCUT2D eigenvalue weighted by molar-refractivity contribution is 0.0504. The lowest BCUT2D eigenvalue weighted by Gasteiger charge is -2.12. The van der Waals surface area contributed by atoms with Crippen molar-refractivity contribution >= 4 is 11.9 Å². The van der Waals surface area contributed by atoms with Crippen molar-refractivity contribution in [2.75, 3.05) is 13.2 Å². The van der Waals surface area contributed by atoms with Crippen LogP contribution in [0.4, 0.5) is 0 Å². The van der Waals surface area contributed by atoms with Crippen LogP contribution in [0.2, 0.25) is 0 Å². The SMILES string of the molecule is CCOC(=O)c1ccc(C(=O)OCC)n1Cc1ccccc1. The largest absolute Gasteiger partial charge is 0.461 e. The summed E-state index contributed by atoms with van der Waals surface area (Å²) in [6, 6.07) is 12.8. The van der Waals surface area contributed by atoms with Crippen molar-refractivity contribution in [3.8, 4) is 0 Å². The van der Waals surface area contributed by atoms with E-state index in [1.165, 1.54) is 0 Å². The normalized spacial score (nSPS) is 10.3. The first-order valence-electron chi connectivity index (χ1n) is 7.25. The minimum absolute atomic E-state index is 0.282. The van der Waals surface area contributed by atoms with E-state index in [0.29, 0.717) is 17.9 Å². The number of hydrogen-bond donors (Lipinski definition) is 0. The fourth-order valence-electron chi connectivity index (χ4n) is 2.17. The molecular weight excluding hydrogens is 282 g/mol. The van der Waals surface area contributed by atoms with Gasteiger partial charge in [0, 0.05) is 6.54 Å². The minimum Gasteiger partial charge on any atom is -0.461 e. The molecule has 2 rings (SSSR count). The van der Waals surface area contributed by atoms with Crippen LogP contribution in [0.25, 0.3) is 0 Å². The number of esters is 2. The topological polar surface area (TPSA) is 57.5 Å². The molecule has 1 aromatic heterocycles. The zero-order chi connectivity index (χ0) is 15.9. The van der Waals surface area contributed by atoms with Crippen LogP contribution in [0.3, 0.4) is 0 Å².